The molecule has 0 saturated carbocycles. The Morgan fingerprint density at radius 2 is 2.13 bits per heavy atom. The Balaban J connectivity index is 1.59. The van der Waals surface area contributed by atoms with E-state index in [0.29, 0.717) is 60.4 Å². The zero-order chi connectivity index (χ0) is 22.0. The number of urea groups is 1. The molecular formula is C20H28FN5O4S. The molecule has 170 valence electrons. The van der Waals surface area contributed by atoms with Gasteiger partial charge in [0.05, 0.1) is 31.6 Å². The SMILES string of the molecule is CCC[C@]1(CO)CCN(C(=O)Nc2nc3c(OC)nc(F)c(N4CCOCC4)c3s2)C1. The van der Waals surface area contributed by atoms with Gasteiger partial charge in [-0.2, -0.15) is 9.37 Å². The molecule has 4 rings (SSSR count). The van der Waals surface area contributed by atoms with Crippen molar-refractivity contribution in [1.29, 1.82) is 0 Å². The molecule has 2 aromatic rings. The van der Waals surface area contributed by atoms with Gasteiger partial charge in [0.25, 0.3) is 0 Å². The number of methoxy groups -OCH3 is 1. The van der Waals surface area contributed by atoms with Crippen LogP contribution in [0.3, 0.4) is 0 Å². The number of pyridine rings is 1. The second-order valence-corrected chi connectivity index (χ2v) is 9.07. The number of carbonyl (C=O) groups is 1. The van der Waals surface area contributed by atoms with Crippen LogP contribution >= 0.6 is 11.3 Å². The lowest BCUT2D eigenvalue weighted by Gasteiger charge is -2.29. The molecule has 2 aliphatic rings. The van der Waals surface area contributed by atoms with Gasteiger partial charge in [-0.3, -0.25) is 5.32 Å². The van der Waals surface area contributed by atoms with Gasteiger partial charge in [-0.05, 0) is 12.8 Å². The van der Waals surface area contributed by atoms with E-state index in [0.717, 1.165) is 19.3 Å². The minimum Gasteiger partial charge on any atom is -0.479 e. The number of ether oxygens (including phenoxy) is 2. The number of aliphatic hydroxyl groups is 1. The van der Waals surface area contributed by atoms with Crippen LogP contribution in [0.5, 0.6) is 5.88 Å². The second kappa shape index (κ2) is 9.09. The predicted molar refractivity (Wildman–Crippen MR) is 117 cm³/mol. The van der Waals surface area contributed by atoms with E-state index in [1.54, 1.807) is 4.90 Å². The van der Waals surface area contributed by atoms with E-state index in [9.17, 15) is 14.3 Å². The van der Waals surface area contributed by atoms with Crippen molar-refractivity contribution >= 4 is 38.4 Å². The molecule has 31 heavy (non-hydrogen) atoms. The van der Waals surface area contributed by atoms with Gasteiger partial charge < -0.3 is 24.4 Å². The molecule has 0 radical (unpaired) electrons. The number of likely N-dealkylation sites (tertiary alicyclic amines) is 1. The zero-order valence-electron chi connectivity index (χ0n) is 17.8. The fourth-order valence-corrected chi connectivity index (χ4v) is 5.40. The van der Waals surface area contributed by atoms with Gasteiger partial charge in [-0.15, -0.1) is 0 Å². The number of fused-ring (bicyclic) bond motifs is 1. The Labute approximate surface area is 184 Å². The number of anilines is 2. The largest absolute Gasteiger partial charge is 0.479 e. The van der Waals surface area contributed by atoms with E-state index in [4.69, 9.17) is 9.47 Å². The van der Waals surface area contributed by atoms with Crippen molar-refractivity contribution in [2.45, 2.75) is 26.2 Å². The van der Waals surface area contributed by atoms with E-state index in [1.165, 1.54) is 18.4 Å². The van der Waals surface area contributed by atoms with Crippen molar-refractivity contribution in [3.8, 4) is 5.88 Å². The number of aromatic nitrogens is 2. The van der Waals surface area contributed by atoms with Gasteiger partial charge in [-0.1, -0.05) is 24.7 Å². The average molecular weight is 454 g/mol. The van der Waals surface area contributed by atoms with E-state index in [-0.39, 0.29) is 23.9 Å². The molecule has 0 bridgehead atoms. The zero-order valence-corrected chi connectivity index (χ0v) is 18.6. The van der Waals surface area contributed by atoms with Crippen molar-refractivity contribution in [3.63, 3.8) is 0 Å². The number of amides is 2. The van der Waals surface area contributed by atoms with Crippen molar-refractivity contribution in [1.82, 2.24) is 14.9 Å². The maximum Gasteiger partial charge on any atom is 0.323 e. The lowest BCUT2D eigenvalue weighted by Crippen LogP contribution is -2.37. The quantitative estimate of drug-likeness (QED) is 0.649. The molecule has 11 heteroatoms. The molecule has 4 heterocycles. The second-order valence-electron chi connectivity index (χ2n) is 8.07. The Hall–Kier alpha value is -2.24. The summed E-state index contributed by atoms with van der Waals surface area (Å²) in [4.78, 5) is 24.9. The molecule has 0 spiro atoms. The highest BCUT2D eigenvalue weighted by Gasteiger charge is 2.39. The normalized spacial score (nSPS) is 21.7. The minimum atomic E-state index is -0.625. The van der Waals surface area contributed by atoms with Crippen LogP contribution in [-0.2, 0) is 4.74 Å². The third-order valence-electron chi connectivity index (χ3n) is 6.02. The predicted octanol–water partition coefficient (Wildman–Crippen LogP) is 2.69. The average Bonchev–Trinajstić information content (AvgIpc) is 3.39. The van der Waals surface area contributed by atoms with E-state index < -0.39 is 5.95 Å². The summed E-state index contributed by atoms with van der Waals surface area (Å²) in [6.07, 6.45) is 2.60. The number of hydrogen-bond donors (Lipinski definition) is 2. The number of halogens is 1. The molecule has 2 aliphatic heterocycles. The lowest BCUT2D eigenvalue weighted by molar-refractivity contribution is 0.122. The van der Waals surface area contributed by atoms with Crippen LogP contribution in [0.1, 0.15) is 26.2 Å². The van der Waals surface area contributed by atoms with Gasteiger partial charge in [0.15, 0.2) is 5.13 Å². The van der Waals surface area contributed by atoms with Crippen molar-refractivity contribution < 1.29 is 23.8 Å². The highest BCUT2D eigenvalue weighted by atomic mass is 32.1. The van der Waals surface area contributed by atoms with Gasteiger partial charge >= 0.3 is 6.03 Å². The number of hydrogen-bond acceptors (Lipinski definition) is 8. The molecule has 2 amide bonds. The summed E-state index contributed by atoms with van der Waals surface area (Å²) in [5, 5.41) is 13.0. The van der Waals surface area contributed by atoms with Crippen molar-refractivity contribution in [2.75, 3.05) is 63.3 Å². The lowest BCUT2D eigenvalue weighted by atomic mass is 9.83. The van der Waals surface area contributed by atoms with Crippen LogP contribution in [0.2, 0.25) is 0 Å². The van der Waals surface area contributed by atoms with Crippen LogP contribution in [0.25, 0.3) is 10.2 Å². The summed E-state index contributed by atoms with van der Waals surface area (Å²) in [7, 11) is 1.42. The molecule has 2 fully saturated rings. The van der Waals surface area contributed by atoms with E-state index >= 15 is 0 Å². The smallest absolute Gasteiger partial charge is 0.323 e. The maximum absolute atomic E-state index is 14.9. The summed E-state index contributed by atoms with van der Waals surface area (Å²) in [6, 6.07) is -0.272. The molecule has 9 nitrogen and oxygen atoms in total. The molecule has 2 saturated heterocycles. The van der Waals surface area contributed by atoms with Crippen LogP contribution in [0.15, 0.2) is 0 Å². The summed E-state index contributed by atoms with van der Waals surface area (Å²) >= 11 is 1.20. The number of carbonyl (C=O) groups excluding carboxylic acids is 1. The van der Waals surface area contributed by atoms with E-state index in [2.05, 4.69) is 22.2 Å². The number of thiazole rings is 1. The maximum atomic E-state index is 14.9. The Bertz CT molecular complexity index is 951. The third kappa shape index (κ3) is 4.26. The Morgan fingerprint density at radius 3 is 2.81 bits per heavy atom. The summed E-state index contributed by atoms with van der Waals surface area (Å²) in [6.45, 7) is 5.35. The number of nitrogens with one attached hydrogen (secondary N) is 1. The number of rotatable bonds is 6. The van der Waals surface area contributed by atoms with Crippen molar-refractivity contribution in [3.05, 3.63) is 5.95 Å². The summed E-state index contributed by atoms with van der Waals surface area (Å²) in [5.41, 5.74) is 0.544. The summed E-state index contributed by atoms with van der Waals surface area (Å²) in [5.74, 6) is -0.538. The molecular weight excluding hydrogens is 425 g/mol. The first-order chi connectivity index (χ1) is 15.0. The molecule has 0 aromatic carbocycles. The van der Waals surface area contributed by atoms with Gasteiger partial charge in [0.2, 0.25) is 11.8 Å². The topological polar surface area (TPSA) is 100 Å². The molecule has 0 aliphatic carbocycles. The Kier molecular flexibility index (Phi) is 6.44. The molecule has 1 atom stereocenters. The van der Waals surface area contributed by atoms with Crippen molar-refractivity contribution in [2.24, 2.45) is 5.41 Å². The monoisotopic (exact) mass is 453 g/mol. The number of morpholine rings is 1. The first-order valence-electron chi connectivity index (χ1n) is 10.5. The molecule has 2 N–H and O–H groups in total. The minimum absolute atomic E-state index is 0.0663. The molecule has 2 aromatic heterocycles. The first kappa shape index (κ1) is 22.0. The van der Waals surface area contributed by atoms with E-state index in [1.807, 2.05) is 4.90 Å². The fourth-order valence-electron chi connectivity index (χ4n) is 4.39. The van der Waals surface area contributed by atoms with Gasteiger partial charge in [0, 0.05) is 31.6 Å². The summed E-state index contributed by atoms with van der Waals surface area (Å²) < 4.78 is 26.0. The van der Waals surface area contributed by atoms with Crippen LogP contribution in [0, 0.1) is 11.4 Å². The van der Waals surface area contributed by atoms with Crippen LogP contribution in [0.4, 0.5) is 20.0 Å². The van der Waals surface area contributed by atoms with Gasteiger partial charge in [-0.25, -0.2) is 9.78 Å². The van der Waals surface area contributed by atoms with Crippen LogP contribution < -0.4 is 15.0 Å². The fraction of sp³-hybridized carbons (Fsp3) is 0.650. The molecule has 0 unspecified atom stereocenters. The highest BCUT2D eigenvalue weighted by molar-refractivity contribution is 7.23. The first-order valence-corrected chi connectivity index (χ1v) is 11.4. The highest BCUT2D eigenvalue weighted by Crippen LogP contribution is 2.40. The number of nitrogens with zero attached hydrogens (tertiary/aromatic N) is 4. The Morgan fingerprint density at radius 1 is 1.35 bits per heavy atom. The third-order valence-corrected chi connectivity index (χ3v) is 6.99. The van der Waals surface area contributed by atoms with Gasteiger partial charge in [0.1, 0.15) is 11.2 Å². The number of aliphatic hydroxyl groups excluding tert-OH is 1. The standard InChI is InChI=1S/C20H28FN5O4S/c1-3-4-20(12-27)5-6-26(11-20)19(28)24-18-22-13-15(31-18)14(16(21)23-17(13)29-2)25-7-9-30-10-8-25/h27H,3-12H2,1-2H3,(H,22,24,28)/t20-/m0/s1. The van der Waals surface area contributed by atoms with Crippen LogP contribution in [-0.4, -0.2) is 79.1 Å².